The van der Waals surface area contributed by atoms with E-state index in [-0.39, 0.29) is 0 Å². The number of fused-ring (bicyclic) bond motifs is 2. The predicted octanol–water partition coefficient (Wildman–Crippen LogP) is 4.45. The summed E-state index contributed by atoms with van der Waals surface area (Å²) in [5.41, 5.74) is 3.74. The Morgan fingerprint density at radius 3 is 2.09 bits per heavy atom. The number of piperidine rings is 1. The molecule has 2 fully saturated rings. The molecule has 4 aromatic rings. The van der Waals surface area contributed by atoms with Gasteiger partial charge in [0, 0.05) is 53.4 Å². The third kappa shape index (κ3) is 5.13. The maximum atomic E-state index is 5.96. The summed E-state index contributed by atoms with van der Waals surface area (Å²) in [5, 5.41) is 2.12. The van der Waals surface area contributed by atoms with Crippen LogP contribution in [-0.4, -0.2) is 82.2 Å². The monoisotopic (exact) mass is 474 g/mol. The first kappa shape index (κ1) is 22.4. The van der Waals surface area contributed by atoms with Gasteiger partial charge in [-0.3, -0.25) is 9.80 Å². The average Bonchev–Trinajstić information content (AvgIpc) is 3.64. The van der Waals surface area contributed by atoms with Crippen molar-refractivity contribution in [3.05, 3.63) is 36.5 Å². The molecule has 35 heavy (non-hydrogen) atoms. The second kappa shape index (κ2) is 10.3. The molecule has 0 aromatic carbocycles. The fraction of sp³-hybridized carbons (Fsp3) is 0.481. The molecule has 0 atom stereocenters. The van der Waals surface area contributed by atoms with Crippen molar-refractivity contribution in [1.29, 1.82) is 0 Å². The van der Waals surface area contributed by atoms with Gasteiger partial charge in [0.1, 0.15) is 24.5 Å². The van der Waals surface area contributed by atoms with E-state index < -0.39 is 0 Å². The van der Waals surface area contributed by atoms with Gasteiger partial charge in [0.05, 0.1) is 0 Å². The van der Waals surface area contributed by atoms with Crippen LogP contribution in [0.3, 0.4) is 0 Å². The molecule has 0 unspecified atom stereocenters. The molecular formula is C27H34N6O2. The summed E-state index contributed by atoms with van der Waals surface area (Å²) in [5.74, 6) is 1.33. The molecule has 2 aliphatic rings. The lowest BCUT2D eigenvalue weighted by molar-refractivity contribution is 0.181. The number of rotatable bonds is 9. The quantitative estimate of drug-likeness (QED) is 0.373. The van der Waals surface area contributed by atoms with Gasteiger partial charge in [-0.05, 0) is 70.1 Å². The molecule has 6 rings (SSSR count). The number of H-pyrrole nitrogens is 2. The molecule has 0 radical (unpaired) electrons. The highest BCUT2D eigenvalue weighted by Gasteiger charge is 2.14. The van der Waals surface area contributed by atoms with Crippen molar-refractivity contribution in [2.75, 3.05) is 52.5 Å². The summed E-state index contributed by atoms with van der Waals surface area (Å²) in [6.45, 7) is 7.99. The second-order valence-corrected chi connectivity index (χ2v) is 9.67. The zero-order valence-electron chi connectivity index (χ0n) is 20.3. The minimum absolute atomic E-state index is 0.662. The SMILES string of the molecule is c1cc2cc(-c3c[nH]c4nc(OCCN5CCCC5)ccc34)[nH]c2nc1OCCN1CCCCC1. The third-order valence-electron chi connectivity index (χ3n) is 7.22. The van der Waals surface area contributed by atoms with E-state index in [0.717, 1.165) is 46.4 Å². The Morgan fingerprint density at radius 1 is 0.743 bits per heavy atom. The molecular weight excluding hydrogens is 440 g/mol. The summed E-state index contributed by atoms with van der Waals surface area (Å²) in [6.07, 6.45) is 8.53. The van der Waals surface area contributed by atoms with E-state index in [4.69, 9.17) is 14.5 Å². The van der Waals surface area contributed by atoms with Gasteiger partial charge in [0.15, 0.2) is 0 Å². The van der Waals surface area contributed by atoms with Gasteiger partial charge in [-0.1, -0.05) is 6.42 Å². The number of nitrogens with zero attached hydrogens (tertiary/aromatic N) is 4. The first-order valence-electron chi connectivity index (χ1n) is 13.0. The van der Waals surface area contributed by atoms with Crippen molar-refractivity contribution < 1.29 is 9.47 Å². The van der Waals surface area contributed by atoms with Gasteiger partial charge < -0.3 is 19.4 Å². The van der Waals surface area contributed by atoms with E-state index in [9.17, 15) is 0 Å². The van der Waals surface area contributed by atoms with E-state index in [1.165, 1.54) is 58.3 Å². The van der Waals surface area contributed by atoms with Crippen molar-refractivity contribution in [1.82, 2.24) is 29.7 Å². The molecule has 4 aromatic heterocycles. The minimum Gasteiger partial charge on any atom is -0.476 e. The number of hydrogen-bond donors (Lipinski definition) is 2. The molecule has 184 valence electrons. The lowest BCUT2D eigenvalue weighted by atomic mass is 10.1. The second-order valence-electron chi connectivity index (χ2n) is 9.67. The standard InChI is InChI=1S/C27H34N6O2/c1-2-10-32(11-3-1)14-16-34-24-8-6-20-18-23(29-26(20)30-24)22-19-28-27-21(22)7-9-25(31-27)35-17-15-33-12-4-5-13-33/h6-9,18-19H,1-5,10-17H2,(H,28,31)(H,29,30). The normalized spacial score (nSPS) is 17.5. The van der Waals surface area contributed by atoms with Crippen molar-refractivity contribution in [2.24, 2.45) is 0 Å². The first-order chi connectivity index (χ1) is 17.3. The first-order valence-corrected chi connectivity index (χ1v) is 13.0. The Kier molecular flexibility index (Phi) is 6.55. The molecule has 2 N–H and O–H groups in total. The summed E-state index contributed by atoms with van der Waals surface area (Å²) in [7, 11) is 0. The number of aromatic amines is 2. The van der Waals surface area contributed by atoms with Gasteiger partial charge >= 0.3 is 0 Å². The summed E-state index contributed by atoms with van der Waals surface area (Å²) >= 11 is 0. The Hall–Kier alpha value is -3.10. The number of nitrogens with one attached hydrogen (secondary N) is 2. The highest BCUT2D eigenvalue weighted by Crippen LogP contribution is 2.31. The summed E-state index contributed by atoms with van der Waals surface area (Å²) in [4.78, 5) is 21.1. The van der Waals surface area contributed by atoms with Crippen molar-refractivity contribution in [2.45, 2.75) is 32.1 Å². The van der Waals surface area contributed by atoms with Crippen LogP contribution in [-0.2, 0) is 0 Å². The lowest BCUT2D eigenvalue weighted by Crippen LogP contribution is -2.33. The Bertz CT molecular complexity index is 1270. The third-order valence-corrected chi connectivity index (χ3v) is 7.22. The Morgan fingerprint density at radius 2 is 1.37 bits per heavy atom. The predicted molar refractivity (Wildman–Crippen MR) is 138 cm³/mol. The van der Waals surface area contributed by atoms with Crippen LogP contribution in [0, 0.1) is 0 Å². The number of aromatic nitrogens is 4. The molecule has 2 aliphatic heterocycles. The van der Waals surface area contributed by atoms with Crippen LogP contribution in [0.5, 0.6) is 11.8 Å². The molecule has 8 nitrogen and oxygen atoms in total. The molecule has 0 aliphatic carbocycles. The van der Waals surface area contributed by atoms with Gasteiger partial charge in [0.2, 0.25) is 11.8 Å². The number of ether oxygens (including phenoxy) is 2. The number of hydrogen-bond acceptors (Lipinski definition) is 6. The molecule has 6 heterocycles. The van der Waals surface area contributed by atoms with Crippen molar-refractivity contribution in [3.63, 3.8) is 0 Å². The highest BCUT2D eigenvalue weighted by molar-refractivity contribution is 5.96. The lowest BCUT2D eigenvalue weighted by Gasteiger charge is -2.25. The minimum atomic E-state index is 0.662. The Balaban J connectivity index is 1.11. The van der Waals surface area contributed by atoms with Crippen LogP contribution in [0.15, 0.2) is 36.5 Å². The fourth-order valence-electron chi connectivity index (χ4n) is 5.25. The maximum absolute atomic E-state index is 5.96. The maximum Gasteiger partial charge on any atom is 0.215 e. The van der Waals surface area contributed by atoms with Crippen LogP contribution >= 0.6 is 0 Å². The van der Waals surface area contributed by atoms with Crippen LogP contribution in [0.25, 0.3) is 33.3 Å². The van der Waals surface area contributed by atoms with Crippen LogP contribution < -0.4 is 9.47 Å². The van der Waals surface area contributed by atoms with E-state index >= 15 is 0 Å². The van der Waals surface area contributed by atoms with Crippen LogP contribution in [0.2, 0.25) is 0 Å². The molecule has 0 saturated carbocycles. The van der Waals surface area contributed by atoms with Gasteiger partial charge in [-0.15, -0.1) is 0 Å². The van der Waals surface area contributed by atoms with E-state index in [1.807, 2.05) is 18.3 Å². The molecule has 8 heteroatoms. The van der Waals surface area contributed by atoms with Crippen LogP contribution in [0.1, 0.15) is 32.1 Å². The smallest absolute Gasteiger partial charge is 0.215 e. The topological polar surface area (TPSA) is 82.3 Å². The van der Waals surface area contributed by atoms with Crippen LogP contribution in [0.4, 0.5) is 0 Å². The highest BCUT2D eigenvalue weighted by atomic mass is 16.5. The van der Waals surface area contributed by atoms with Gasteiger partial charge in [-0.2, -0.15) is 9.97 Å². The van der Waals surface area contributed by atoms with Crippen molar-refractivity contribution in [3.8, 4) is 23.0 Å². The molecule has 0 bridgehead atoms. The Labute approximate surface area is 205 Å². The number of pyridine rings is 2. The van der Waals surface area contributed by atoms with E-state index in [1.54, 1.807) is 0 Å². The molecule has 0 amide bonds. The van der Waals surface area contributed by atoms with E-state index in [2.05, 4.69) is 43.0 Å². The summed E-state index contributed by atoms with van der Waals surface area (Å²) in [6, 6.07) is 10.2. The average molecular weight is 475 g/mol. The zero-order valence-corrected chi connectivity index (χ0v) is 20.3. The van der Waals surface area contributed by atoms with Crippen molar-refractivity contribution >= 4 is 22.1 Å². The fourth-order valence-corrected chi connectivity index (χ4v) is 5.25. The van der Waals surface area contributed by atoms with Gasteiger partial charge in [0.25, 0.3) is 0 Å². The van der Waals surface area contributed by atoms with E-state index in [0.29, 0.717) is 25.0 Å². The summed E-state index contributed by atoms with van der Waals surface area (Å²) < 4.78 is 11.9. The molecule has 0 spiro atoms. The molecule has 2 saturated heterocycles. The largest absolute Gasteiger partial charge is 0.476 e. The van der Waals surface area contributed by atoms with Gasteiger partial charge in [-0.25, -0.2) is 0 Å². The number of likely N-dealkylation sites (tertiary alicyclic amines) is 2. The zero-order chi connectivity index (χ0) is 23.5.